The van der Waals surface area contributed by atoms with E-state index in [1.807, 2.05) is 13.8 Å². The molecular formula is C20H24N2O5S. The number of nitrogens with one attached hydrogen (secondary N) is 1. The van der Waals surface area contributed by atoms with Crippen LogP contribution in [0.15, 0.2) is 41.3 Å². The molecule has 0 bridgehead atoms. The average molecular weight is 404 g/mol. The van der Waals surface area contributed by atoms with Gasteiger partial charge in [-0.1, -0.05) is 0 Å². The normalized spacial score (nSPS) is 13.3. The van der Waals surface area contributed by atoms with Crippen LogP contribution in [-0.2, 0) is 26.0 Å². The zero-order valence-corrected chi connectivity index (χ0v) is 17.0. The van der Waals surface area contributed by atoms with Gasteiger partial charge in [0.15, 0.2) is 0 Å². The zero-order chi connectivity index (χ0) is 20.3. The molecular weight excluding hydrogens is 380 g/mol. The van der Waals surface area contributed by atoms with Crippen LogP contribution in [0.1, 0.15) is 18.1 Å². The minimum absolute atomic E-state index is 0.0188. The Hall–Kier alpha value is -2.58. The summed E-state index contributed by atoms with van der Waals surface area (Å²) in [5.74, 6) is 0.555. The molecule has 0 aromatic heterocycles. The van der Waals surface area contributed by atoms with E-state index in [0.29, 0.717) is 31.0 Å². The van der Waals surface area contributed by atoms with Gasteiger partial charge in [0.05, 0.1) is 11.5 Å². The van der Waals surface area contributed by atoms with E-state index in [2.05, 4.69) is 4.72 Å². The number of amides is 1. The Balaban J connectivity index is 1.80. The van der Waals surface area contributed by atoms with Crippen LogP contribution in [0.4, 0.5) is 11.4 Å². The molecule has 0 radical (unpaired) electrons. The number of sulfonamides is 1. The number of methoxy groups -OCH3 is 1. The molecule has 2 aromatic carbocycles. The molecule has 3 rings (SSSR count). The van der Waals surface area contributed by atoms with Gasteiger partial charge in [0.2, 0.25) is 0 Å². The van der Waals surface area contributed by atoms with Gasteiger partial charge in [-0.2, -0.15) is 0 Å². The van der Waals surface area contributed by atoms with E-state index >= 15 is 0 Å². The summed E-state index contributed by atoms with van der Waals surface area (Å²) in [5, 5.41) is 0. The molecule has 2 aromatic rings. The summed E-state index contributed by atoms with van der Waals surface area (Å²) in [6.07, 6.45) is 0.669. The van der Waals surface area contributed by atoms with Crippen molar-refractivity contribution in [1.82, 2.24) is 0 Å². The molecule has 0 fully saturated rings. The highest BCUT2D eigenvalue weighted by molar-refractivity contribution is 7.92. The van der Waals surface area contributed by atoms with Crippen LogP contribution in [0.25, 0.3) is 0 Å². The van der Waals surface area contributed by atoms with Crippen molar-refractivity contribution in [2.75, 3.05) is 36.5 Å². The number of aryl methyl sites for hydroxylation is 1. The molecule has 1 amide bonds. The number of fused-ring (bicyclic) bond motifs is 1. The molecule has 1 heterocycles. The number of carbonyl (C=O) groups excluding carboxylic acids is 1. The topological polar surface area (TPSA) is 84.9 Å². The fraction of sp³-hybridized carbons (Fsp3) is 0.350. The van der Waals surface area contributed by atoms with Crippen molar-refractivity contribution in [2.45, 2.75) is 25.2 Å². The molecule has 28 heavy (non-hydrogen) atoms. The van der Waals surface area contributed by atoms with Gasteiger partial charge < -0.3 is 14.4 Å². The Bertz CT molecular complexity index is 988. The lowest BCUT2D eigenvalue weighted by atomic mass is 10.1. The fourth-order valence-electron chi connectivity index (χ4n) is 3.25. The molecule has 0 spiro atoms. The Labute approximate surface area is 165 Å². The van der Waals surface area contributed by atoms with Gasteiger partial charge in [-0.3, -0.25) is 9.52 Å². The lowest BCUT2D eigenvalue weighted by Gasteiger charge is -2.17. The second kappa shape index (κ2) is 8.20. The van der Waals surface area contributed by atoms with Crippen LogP contribution in [0.2, 0.25) is 0 Å². The highest BCUT2D eigenvalue weighted by Gasteiger charge is 2.25. The Morgan fingerprint density at radius 3 is 2.68 bits per heavy atom. The molecule has 1 aliphatic heterocycles. The largest absolute Gasteiger partial charge is 0.494 e. The molecule has 150 valence electrons. The quantitative estimate of drug-likeness (QED) is 0.767. The van der Waals surface area contributed by atoms with E-state index in [9.17, 15) is 13.2 Å². The number of hydrogen-bond acceptors (Lipinski definition) is 5. The third-order valence-electron chi connectivity index (χ3n) is 4.55. The maximum Gasteiger partial charge on any atom is 0.261 e. The van der Waals surface area contributed by atoms with E-state index in [4.69, 9.17) is 9.47 Å². The Morgan fingerprint density at radius 2 is 2.00 bits per heavy atom. The van der Waals surface area contributed by atoms with Crippen molar-refractivity contribution in [3.05, 3.63) is 47.5 Å². The third-order valence-corrected chi connectivity index (χ3v) is 5.93. The Morgan fingerprint density at radius 1 is 1.21 bits per heavy atom. The average Bonchev–Trinajstić information content (AvgIpc) is 3.06. The number of ether oxygens (including phenoxy) is 2. The van der Waals surface area contributed by atoms with Crippen LogP contribution < -0.4 is 14.4 Å². The molecule has 0 unspecified atom stereocenters. The first-order valence-electron chi connectivity index (χ1n) is 9.04. The van der Waals surface area contributed by atoms with Gasteiger partial charge in [0, 0.05) is 25.0 Å². The maximum atomic E-state index is 12.7. The van der Waals surface area contributed by atoms with Gasteiger partial charge in [0.25, 0.3) is 15.9 Å². The third kappa shape index (κ3) is 4.13. The number of rotatable bonds is 7. The number of hydrogen-bond donors (Lipinski definition) is 1. The van der Waals surface area contributed by atoms with Gasteiger partial charge in [-0.15, -0.1) is 0 Å². The highest BCUT2D eigenvalue weighted by Crippen LogP contribution is 2.31. The van der Waals surface area contributed by atoms with Crippen molar-refractivity contribution < 1.29 is 22.7 Å². The number of carbonyl (C=O) groups is 1. The molecule has 7 nitrogen and oxygen atoms in total. The molecule has 1 N–H and O–H groups in total. The number of nitrogens with zero attached hydrogens (tertiary/aromatic N) is 1. The fourth-order valence-corrected chi connectivity index (χ4v) is 4.38. The summed E-state index contributed by atoms with van der Waals surface area (Å²) < 4.78 is 38.5. The summed E-state index contributed by atoms with van der Waals surface area (Å²) in [6, 6.07) is 9.97. The second-order valence-electron chi connectivity index (χ2n) is 6.54. The van der Waals surface area contributed by atoms with Gasteiger partial charge in [-0.05, 0) is 67.8 Å². The predicted octanol–water partition coefficient (Wildman–Crippen LogP) is 2.73. The minimum Gasteiger partial charge on any atom is -0.494 e. The van der Waals surface area contributed by atoms with Crippen molar-refractivity contribution in [1.29, 1.82) is 0 Å². The zero-order valence-electron chi connectivity index (χ0n) is 16.2. The number of benzene rings is 2. The number of anilines is 2. The molecule has 0 saturated heterocycles. The Kier molecular flexibility index (Phi) is 5.90. The maximum absolute atomic E-state index is 12.7. The first-order valence-corrected chi connectivity index (χ1v) is 10.5. The van der Waals surface area contributed by atoms with Crippen molar-refractivity contribution >= 4 is 27.3 Å². The van der Waals surface area contributed by atoms with Crippen molar-refractivity contribution in [3.63, 3.8) is 0 Å². The van der Waals surface area contributed by atoms with E-state index in [1.54, 1.807) is 35.2 Å². The summed E-state index contributed by atoms with van der Waals surface area (Å²) >= 11 is 0. The second-order valence-corrected chi connectivity index (χ2v) is 8.22. The molecule has 1 aliphatic rings. The van der Waals surface area contributed by atoms with E-state index in [1.165, 1.54) is 13.2 Å². The standard InChI is InChI=1S/C20H24N2O5S/c1-4-27-19-8-6-17(11-14(19)2)28(24,25)21-16-5-7-18-15(12-16)9-10-22(18)20(23)13-26-3/h5-8,11-12,21H,4,9-10,13H2,1-3H3. The van der Waals surface area contributed by atoms with E-state index in [0.717, 1.165) is 16.8 Å². The smallest absolute Gasteiger partial charge is 0.261 e. The van der Waals surface area contributed by atoms with Gasteiger partial charge >= 0.3 is 0 Å². The van der Waals surface area contributed by atoms with Gasteiger partial charge in [0.1, 0.15) is 12.4 Å². The van der Waals surface area contributed by atoms with Crippen LogP contribution in [-0.4, -0.2) is 41.2 Å². The lowest BCUT2D eigenvalue weighted by Crippen LogP contribution is -2.31. The monoisotopic (exact) mass is 404 g/mol. The summed E-state index contributed by atoms with van der Waals surface area (Å²) in [5.41, 5.74) is 2.94. The summed E-state index contributed by atoms with van der Waals surface area (Å²) in [4.78, 5) is 13.9. The summed E-state index contributed by atoms with van der Waals surface area (Å²) in [7, 11) is -2.25. The van der Waals surface area contributed by atoms with Crippen molar-refractivity contribution in [2.24, 2.45) is 0 Å². The first-order chi connectivity index (χ1) is 13.4. The van der Waals surface area contributed by atoms with E-state index in [-0.39, 0.29) is 17.4 Å². The van der Waals surface area contributed by atoms with Crippen molar-refractivity contribution in [3.8, 4) is 5.75 Å². The van der Waals surface area contributed by atoms with Crippen LogP contribution in [0.3, 0.4) is 0 Å². The van der Waals surface area contributed by atoms with Crippen LogP contribution >= 0.6 is 0 Å². The highest BCUT2D eigenvalue weighted by atomic mass is 32.2. The SMILES string of the molecule is CCOc1ccc(S(=O)(=O)Nc2ccc3c(c2)CCN3C(=O)COC)cc1C. The molecule has 0 atom stereocenters. The van der Waals surface area contributed by atoms with E-state index < -0.39 is 10.0 Å². The molecule has 0 aliphatic carbocycles. The lowest BCUT2D eigenvalue weighted by molar-refractivity contribution is -0.122. The van der Waals surface area contributed by atoms with Crippen LogP contribution in [0.5, 0.6) is 5.75 Å². The molecule has 8 heteroatoms. The van der Waals surface area contributed by atoms with Gasteiger partial charge in [-0.25, -0.2) is 8.42 Å². The van der Waals surface area contributed by atoms with Crippen LogP contribution in [0, 0.1) is 6.92 Å². The first kappa shape index (κ1) is 20.2. The minimum atomic E-state index is -3.73. The summed E-state index contributed by atoms with van der Waals surface area (Å²) in [6.45, 7) is 4.79. The molecule has 0 saturated carbocycles. The predicted molar refractivity (Wildman–Crippen MR) is 108 cm³/mol.